The predicted molar refractivity (Wildman–Crippen MR) is 333 cm³/mol. The van der Waals surface area contributed by atoms with Gasteiger partial charge in [-0.25, -0.2) is 0 Å². The molecule has 0 aliphatic heterocycles. The molecule has 0 heterocycles. The number of rotatable bonds is 20. The Morgan fingerprint density at radius 2 is 1.21 bits per heavy atom. The Balaban J connectivity index is 0.00000128. The fourth-order valence-corrected chi connectivity index (χ4v) is 6.86. The molecular formula is C70H85N3. The summed E-state index contributed by atoms with van der Waals surface area (Å²) in [7, 11) is 1.50. The normalized spacial score (nSPS) is 11.9. The molecule has 0 aliphatic rings. The maximum Gasteiger partial charge on any atom is 0.0708 e. The second-order valence-corrected chi connectivity index (χ2v) is 15.6. The SMILES string of the molecule is C=C(/C=C\C=C/C)c1cc(C(/C=C\C)=C/C(=C)c2ccccc2Nc2cccc(/C(=C\Cc3ccccc3)c3ccccc3)c2)ccc1N=C/C=C\C=C/C.C=C(/C=C\CC)/C(C)=C/C=C\C.CC.CC.CN. The Morgan fingerprint density at radius 1 is 0.575 bits per heavy atom. The van der Waals surface area contributed by atoms with E-state index in [9.17, 15) is 0 Å². The first-order chi connectivity index (χ1) is 35.7. The summed E-state index contributed by atoms with van der Waals surface area (Å²) in [6.07, 6.45) is 38.6. The average molecular weight is 968 g/mol. The largest absolute Gasteiger partial charge is 0.355 e. The third-order valence-corrected chi connectivity index (χ3v) is 10.5. The number of para-hydroxylation sites is 1. The van der Waals surface area contributed by atoms with Gasteiger partial charge in [0.15, 0.2) is 0 Å². The lowest BCUT2D eigenvalue weighted by atomic mass is 9.94. The molecule has 0 saturated carbocycles. The summed E-state index contributed by atoms with van der Waals surface area (Å²) in [6.45, 7) is 33.1. The van der Waals surface area contributed by atoms with E-state index < -0.39 is 0 Å². The van der Waals surface area contributed by atoms with Gasteiger partial charge in [-0.15, -0.1) is 0 Å². The van der Waals surface area contributed by atoms with Gasteiger partial charge in [0.05, 0.1) is 5.69 Å². The van der Waals surface area contributed by atoms with Gasteiger partial charge in [0.25, 0.3) is 0 Å². The molecule has 0 radical (unpaired) electrons. The van der Waals surface area contributed by atoms with Crippen molar-refractivity contribution in [2.24, 2.45) is 10.7 Å². The maximum atomic E-state index is 4.77. The summed E-state index contributed by atoms with van der Waals surface area (Å²) in [4.78, 5) is 4.77. The first kappa shape index (κ1) is 63.2. The number of nitrogens with two attached hydrogens (primary N) is 1. The molecule has 3 nitrogen and oxygen atoms in total. The molecule has 0 aliphatic carbocycles. The van der Waals surface area contributed by atoms with Gasteiger partial charge in [-0.05, 0) is 153 Å². The van der Waals surface area contributed by atoms with Gasteiger partial charge >= 0.3 is 0 Å². The van der Waals surface area contributed by atoms with E-state index >= 15 is 0 Å². The van der Waals surface area contributed by atoms with E-state index in [1.54, 1.807) is 0 Å². The molecule has 3 N–H and O–H groups in total. The van der Waals surface area contributed by atoms with Gasteiger partial charge in [0.2, 0.25) is 0 Å². The smallest absolute Gasteiger partial charge is 0.0708 e. The minimum atomic E-state index is 0.846. The molecule has 380 valence electrons. The molecule has 5 aromatic rings. The maximum absolute atomic E-state index is 4.77. The first-order valence-corrected chi connectivity index (χ1v) is 25.7. The summed E-state index contributed by atoms with van der Waals surface area (Å²) < 4.78 is 0. The van der Waals surface area contributed by atoms with Crippen LogP contribution >= 0.6 is 0 Å². The van der Waals surface area contributed by atoms with E-state index in [0.717, 1.165) is 74.5 Å². The summed E-state index contributed by atoms with van der Waals surface area (Å²) in [5.41, 5.74) is 20.3. The van der Waals surface area contributed by atoms with E-state index in [1.165, 1.54) is 29.3 Å². The number of allylic oxidation sites excluding steroid dienone is 22. The van der Waals surface area contributed by atoms with Crippen LogP contribution in [0.3, 0.4) is 0 Å². The lowest BCUT2D eigenvalue weighted by Crippen LogP contribution is -1.97. The van der Waals surface area contributed by atoms with Gasteiger partial charge in [-0.2, -0.15) is 0 Å². The van der Waals surface area contributed by atoms with Crippen molar-refractivity contribution in [1.29, 1.82) is 0 Å². The minimum Gasteiger partial charge on any atom is -0.355 e. The average Bonchev–Trinajstić information content (AvgIpc) is 3.44. The number of nitrogens with zero attached hydrogens (tertiary/aromatic N) is 1. The van der Waals surface area contributed by atoms with Crippen LogP contribution in [0.15, 0.2) is 267 Å². The van der Waals surface area contributed by atoms with Crippen molar-refractivity contribution in [3.63, 3.8) is 0 Å². The quantitative estimate of drug-likeness (QED) is 0.0603. The summed E-state index contributed by atoms with van der Waals surface area (Å²) in [6, 6.07) is 44.5. The zero-order chi connectivity index (χ0) is 54.1. The zero-order valence-electron chi connectivity index (χ0n) is 46.1. The topological polar surface area (TPSA) is 50.4 Å². The predicted octanol–water partition coefficient (Wildman–Crippen LogP) is 20.4. The second kappa shape index (κ2) is 39.8. The highest BCUT2D eigenvalue weighted by molar-refractivity contribution is 5.93. The van der Waals surface area contributed by atoms with Crippen LogP contribution in [0.5, 0.6) is 0 Å². The Hall–Kier alpha value is -7.85. The van der Waals surface area contributed by atoms with E-state index in [4.69, 9.17) is 4.99 Å². The molecule has 0 fully saturated rings. The highest BCUT2D eigenvalue weighted by Gasteiger charge is 2.12. The molecule has 3 heteroatoms. The van der Waals surface area contributed by atoms with Crippen molar-refractivity contribution >= 4 is 45.6 Å². The van der Waals surface area contributed by atoms with Crippen LogP contribution in [-0.4, -0.2) is 13.3 Å². The number of hydrogen-bond acceptors (Lipinski definition) is 3. The van der Waals surface area contributed by atoms with Crippen LogP contribution in [0.4, 0.5) is 17.1 Å². The summed E-state index contributed by atoms with van der Waals surface area (Å²) >= 11 is 0. The molecule has 0 atom stereocenters. The molecule has 0 bridgehead atoms. The van der Waals surface area contributed by atoms with Gasteiger partial charge in [0.1, 0.15) is 0 Å². The third-order valence-electron chi connectivity index (χ3n) is 10.5. The number of benzene rings is 5. The lowest BCUT2D eigenvalue weighted by molar-refractivity contribution is 1.22. The molecule has 5 aromatic carbocycles. The van der Waals surface area contributed by atoms with Crippen molar-refractivity contribution in [1.82, 2.24) is 0 Å². The van der Waals surface area contributed by atoms with Gasteiger partial charge in [-0.1, -0.05) is 243 Å². The van der Waals surface area contributed by atoms with E-state index in [0.29, 0.717) is 0 Å². The molecule has 0 aromatic heterocycles. The van der Waals surface area contributed by atoms with Crippen molar-refractivity contribution < 1.29 is 0 Å². The van der Waals surface area contributed by atoms with E-state index in [2.05, 4.69) is 215 Å². The van der Waals surface area contributed by atoms with Crippen molar-refractivity contribution in [3.8, 4) is 0 Å². The van der Waals surface area contributed by atoms with Gasteiger partial charge in [-0.3, -0.25) is 4.99 Å². The highest BCUT2D eigenvalue weighted by Crippen LogP contribution is 2.34. The fourth-order valence-electron chi connectivity index (χ4n) is 6.86. The Morgan fingerprint density at radius 3 is 1.86 bits per heavy atom. The van der Waals surface area contributed by atoms with Crippen molar-refractivity contribution in [2.45, 2.75) is 82.1 Å². The Labute approximate surface area is 443 Å². The standard InChI is InChI=1S/C53H50N2.C12H18.2C2H6.CH5N/c1-6-9-11-21-37-54-52-36-34-46(40-51(52)41(4)24-14-10-7-2)45(23-8-3)38-42(5)49-31-19-20-32-53(49)55-48-30-22-29-47(39-48)50(44-27-17-13-18-28-44)35-33-43-25-15-12-16-26-43;1-5-7-9-11(3)12(4)10-8-6-2;3*1-2/h6-32,34-40,55H,4-5,33H2,1-3H3;6-10H,3,5H2,1-2,4H3;2*1-2H3;2H2,1H3/b9-6-,10-7-,21-11-,23-8-,24-14-,45-38+,50-35-,54-37?;8-6-,9-7-,12-10+;;;. The van der Waals surface area contributed by atoms with Crippen molar-refractivity contribution in [3.05, 3.63) is 295 Å². The van der Waals surface area contributed by atoms with Crippen LogP contribution in [0.2, 0.25) is 0 Å². The first-order valence-electron chi connectivity index (χ1n) is 25.7. The van der Waals surface area contributed by atoms with Gasteiger partial charge in [0, 0.05) is 28.7 Å². The second-order valence-electron chi connectivity index (χ2n) is 15.6. The molecule has 0 unspecified atom stereocenters. The zero-order valence-corrected chi connectivity index (χ0v) is 46.1. The van der Waals surface area contributed by atoms with Crippen LogP contribution < -0.4 is 11.1 Å². The molecule has 0 spiro atoms. The molecule has 5 rings (SSSR count). The van der Waals surface area contributed by atoms with Crippen LogP contribution in [0, 0.1) is 0 Å². The molecule has 0 saturated heterocycles. The molecule has 73 heavy (non-hydrogen) atoms. The van der Waals surface area contributed by atoms with Crippen molar-refractivity contribution in [2.75, 3.05) is 12.4 Å². The molecule has 0 amide bonds. The number of aliphatic imine (C=N–C) groups is 1. The third kappa shape index (κ3) is 23.7. The van der Waals surface area contributed by atoms with Crippen LogP contribution in [0.1, 0.15) is 109 Å². The van der Waals surface area contributed by atoms with E-state index in [-0.39, 0.29) is 0 Å². The Kier molecular flexibility index (Phi) is 34.5. The molecular weight excluding hydrogens is 883 g/mol. The summed E-state index contributed by atoms with van der Waals surface area (Å²) in [5, 5.41) is 3.72. The highest BCUT2D eigenvalue weighted by atomic mass is 14.9. The monoisotopic (exact) mass is 968 g/mol. The fraction of sp³-hybridized carbons (Fsp3) is 0.186. The minimum absolute atomic E-state index is 0.846. The van der Waals surface area contributed by atoms with Crippen LogP contribution in [0.25, 0.3) is 22.3 Å². The lowest BCUT2D eigenvalue weighted by Gasteiger charge is -2.16. The van der Waals surface area contributed by atoms with Gasteiger partial charge < -0.3 is 11.1 Å². The number of anilines is 2. The Bertz CT molecular complexity index is 2740. The number of hydrogen-bond donors (Lipinski definition) is 2. The number of nitrogens with one attached hydrogen (secondary N) is 1. The van der Waals surface area contributed by atoms with E-state index in [1.807, 2.05) is 122 Å². The summed E-state index contributed by atoms with van der Waals surface area (Å²) in [5.74, 6) is 0. The van der Waals surface area contributed by atoms with Crippen LogP contribution in [-0.2, 0) is 6.42 Å².